The number of hydrogen-bond donors (Lipinski definition) is 3. The number of benzene rings is 1. The van der Waals surface area contributed by atoms with Crippen LogP contribution in [0.25, 0.3) is 0 Å². The van der Waals surface area contributed by atoms with Crippen molar-refractivity contribution in [2.75, 3.05) is 0 Å². The number of aromatic amines is 1. The Labute approximate surface area is 127 Å². The van der Waals surface area contributed by atoms with Crippen LogP contribution in [0.5, 0.6) is 0 Å². The quantitative estimate of drug-likeness (QED) is 0.730. The van der Waals surface area contributed by atoms with E-state index >= 15 is 0 Å². The monoisotopic (exact) mass is 377 g/mol. The van der Waals surface area contributed by atoms with Crippen molar-refractivity contribution in [1.29, 1.82) is 0 Å². The lowest BCUT2D eigenvalue weighted by Gasteiger charge is -2.07. The summed E-state index contributed by atoms with van der Waals surface area (Å²) >= 11 is 3.17. The van der Waals surface area contributed by atoms with Crippen molar-refractivity contribution < 1.29 is 22.7 Å². The summed E-state index contributed by atoms with van der Waals surface area (Å²) in [6.07, 6.45) is 0.898. The van der Waals surface area contributed by atoms with Crippen LogP contribution in [-0.2, 0) is 16.6 Å². The Morgan fingerprint density at radius 3 is 2.86 bits per heavy atom. The molecule has 0 fully saturated rings. The second-order valence-electron chi connectivity index (χ2n) is 3.98. The molecule has 0 bridgehead atoms. The standard InChI is InChI=1S/C11H9BrFN3O4S/c12-9-2-1-7(13)3-6(9)4-15-21(19,20)10-8(11(17)18)5-14-16-10/h1-3,5,15H,4H2,(H,14,16)(H,17,18). The van der Waals surface area contributed by atoms with Gasteiger partial charge in [0.15, 0.2) is 5.03 Å². The Morgan fingerprint density at radius 2 is 2.19 bits per heavy atom. The van der Waals surface area contributed by atoms with Crippen molar-refractivity contribution in [3.8, 4) is 0 Å². The number of hydrogen-bond acceptors (Lipinski definition) is 4. The van der Waals surface area contributed by atoms with Crippen molar-refractivity contribution in [2.24, 2.45) is 0 Å². The van der Waals surface area contributed by atoms with Gasteiger partial charge in [-0.1, -0.05) is 15.9 Å². The van der Waals surface area contributed by atoms with Crippen LogP contribution in [0.15, 0.2) is 33.9 Å². The fraction of sp³-hybridized carbons (Fsp3) is 0.0909. The summed E-state index contributed by atoms with van der Waals surface area (Å²) in [5, 5.41) is 13.8. The van der Waals surface area contributed by atoms with Gasteiger partial charge in [-0.25, -0.2) is 22.3 Å². The summed E-state index contributed by atoms with van der Waals surface area (Å²) in [6, 6.07) is 3.83. The fourth-order valence-corrected chi connectivity index (χ4v) is 3.03. The van der Waals surface area contributed by atoms with E-state index in [1.807, 2.05) is 0 Å². The lowest BCUT2D eigenvalue weighted by Crippen LogP contribution is -2.25. The molecule has 3 N–H and O–H groups in total. The summed E-state index contributed by atoms with van der Waals surface area (Å²) in [7, 11) is -4.11. The molecule has 2 rings (SSSR count). The van der Waals surface area contributed by atoms with Gasteiger partial charge in [-0.2, -0.15) is 5.10 Å². The Morgan fingerprint density at radius 1 is 1.48 bits per heavy atom. The predicted molar refractivity (Wildman–Crippen MR) is 73.7 cm³/mol. The first-order chi connectivity index (χ1) is 9.81. The maximum absolute atomic E-state index is 13.1. The van der Waals surface area contributed by atoms with Crippen LogP contribution in [0.1, 0.15) is 15.9 Å². The van der Waals surface area contributed by atoms with Gasteiger partial charge in [-0.05, 0) is 23.8 Å². The molecule has 0 saturated heterocycles. The zero-order chi connectivity index (χ0) is 15.6. The molecule has 0 aliphatic rings. The third kappa shape index (κ3) is 3.46. The van der Waals surface area contributed by atoms with Gasteiger partial charge in [-0.3, -0.25) is 5.10 Å². The van der Waals surface area contributed by atoms with Gasteiger partial charge in [-0.15, -0.1) is 0 Å². The molecule has 0 aliphatic heterocycles. The molecule has 1 heterocycles. The second-order valence-corrected chi connectivity index (χ2v) is 6.54. The van der Waals surface area contributed by atoms with Crippen molar-refractivity contribution in [3.05, 3.63) is 45.8 Å². The largest absolute Gasteiger partial charge is 0.478 e. The van der Waals surface area contributed by atoms with Gasteiger partial charge in [0.2, 0.25) is 0 Å². The molecule has 10 heteroatoms. The number of carboxylic acid groups (broad SMARTS) is 1. The second kappa shape index (κ2) is 5.92. The molecule has 0 spiro atoms. The molecule has 112 valence electrons. The molecule has 0 radical (unpaired) electrons. The SMILES string of the molecule is O=C(O)c1cn[nH]c1S(=O)(=O)NCc1cc(F)ccc1Br. The zero-order valence-corrected chi connectivity index (χ0v) is 12.7. The smallest absolute Gasteiger partial charge is 0.340 e. The zero-order valence-electron chi connectivity index (χ0n) is 10.3. The topological polar surface area (TPSA) is 112 Å². The molecule has 7 nitrogen and oxygen atoms in total. The maximum Gasteiger partial charge on any atom is 0.340 e. The van der Waals surface area contributed by atoms with E-state index in [2.05, 4.69) is 30.8 Å². The van der Waals surface area contributed by atoms with E-state index in [1.165, 1.54) is 12.1 Å². The minimum atomic E-state index is -4.11. The van der Waals surface area contributed by atoms with Crippen molar-refractivity contribution in [1.82, 2.24) is 14.9 Å². The summed E-state index contributed by atoms with van der Waals surface area (Å²) in [6.45, 7) is -0.210. The van der Waals surface area contributed by atoms with Gasteiger partial charge < -0.3 is 5.11 Å². The lowest BCUT2D eigenvalue weighted by molar-refractivity contribution is 0.0692. The van der Waals surface area contributed by atoms with Crippen molar-refractivity contribution in [2.45, 2.75) is 11.6 Å². The minimum absolute atomic E-state index is 0.210. The first kappa shape index (κ1) is 15.6. The Balaban J connectivity index is 2.24. The number of carboxylic acids is 1. The number of H-pyrrole nitrogens is 1. The van der Waals surface area contributed by atoms with Crippen molar-refractivity contribution in [3.63, 3.8) is 0 Å². The molecule has 21 heavy (non-hydrogen) atoms. The summed E-state index contributed by atoms with van der Waals surface area (Å²) in [4.78, 5) is 10.9. The normalized spacial score (nSPS) is 11.5. The van der Waals surface area contributed by atoms with E-state index in [-0.39, 0.29) is 6.54 Å². The molecule has 0 atom stereocenters. The predicted octanol–water partition coefficient (Wildman–Crippen LogP) is 1.49. The molecule has 0 amide bonds. The number of aromatic carboxylic acids is 1. The Bertz CT molecular complexity index is 791. The minimum Gasteiger partial charge on any atom is -0.478 e. The highest BCUT2D eigenvalue weighted by Gasteiger charge is 2.24. The van der Waals surface area contributed by atoms with Crippen LogP contribution in [0, 0.1) is 5.82 Å². The molecule has 0 aliphatic carbocycles. The highest BCUT2D eigenvalue weighted by atomic mass is 79.9. The van der Waals surface area contributed by atoms with Gasteiger partial charge >= 0.3 is 5.97 Å². The van der Waals surface area contributed by atoms with E-state index < -0.39 is 32.4 Å². The van der Waals surface area contributed by atoms with E-state index in [0.29, 0.717) is 10.0 Å². The van der Waals surface area contributed by atoms with Crippen LogP contribution < -0.4 is 4.72 Å². The highest BCUT2D eigenvalue weighted by molar-refractivity contribution is 9.10. The van der Waals surface area contributed by atoms with Crippen LogP contribution in [0.4, 0.5) is 4.39 Å². The third-order valence-electron chi connectivity index (χ3n) is 2.56. The van der Waals surface area contributed by atoms with Crippen LogP contribution in [0.3, 0.4) is 0 Å². The number of carbonyl (C=O) groups is 1. The fourth-order valence-electron chi connectivity index (χ4n) is 1.56. The van der Waals surface area contributed by atoms with Gasteiger partial charge in [0.25, 0.3) is 10.0 Å². The van der Waals surface area contributed by atoms with Crippen LogP contribution in [-0.4, -0.2) is 29.7 Å². The highest BCUT2D eigenvalue weighted by Crippen LogP contribution is 2.19. The number of nitrogens with zero attached hydrogens (tertiary/aromatic N) is 1. The van der Waals surface area contributed by atoms with E-state index in [1.54, 1.807) is 0 Å². The Kier molecular flexibility index (Phi) is 4.40. The van der Waals surface area contributed by atoms with Crippen LogP contribution in [0.2, 0.25) is 0 Å². The number of nitrogens with one attached hydrogen (secondary N) is 2. The molecule has 0 unspecified atom stereocenters. The first-order valence-corrected chi connectivity index (χ1v) is 7.79. The van der Waals surface area contributed by atoms with Gasteiger partial charge in [0.05, 0.1) is 6.20 Å². The number of halogens is 2. The Hall–Kier alpha value is -1.78. The number of aromatic nitrogens is 2. The summed E-state index contributed by atoms with van der Waals surface area (Å²) < 4.78 is 39.9. The van der Waals surface area contributed by atoms with Gasteiger partial charge in [0, 0.05) is 11.0 Å². The molecule has 0 saturated carbocycles. The first-order valence-electron chi connectivity index (χ1n) is 5.51. The third-order valence-corrected chi connectivity index (χ3v) is 4.71. The van der Waals surface area contributed by atoms with E-state index in [9.17, 15) is 17.6 Å². The molecular formula is C11H9BrFN3O4S. The molecule has 1 aromatic carbocycles. The average Bonchev–Trinajstić information content (AvgIpc) is 2.90. The molecule has 1 aromatic heterocycles. The average molecular weight is 378 g/mol. The van der Waals surface area contributed by atoms with E-state index in [4.69, 9.17) is 5.11 Å². The van der Waals surface area contributed by atoms with Crippen LogP contribution >= 0.6 is 15.9 Å². The summed E-state index contributed by atoms with van der Waals surface area (Å²) in [5.41, 5.74) is -0.101. The number of rotatable bonds is 5. The molecule has 2 aromatic rings. The lowest BCUT2D eigenvalue weighted by atomic mass is 10.2. The number of sulfonamides is 1. The summed E-state index contributed by atoms with van der Waals surface area (Å²) in [5.74, 6) is -1.93. The maximum atomic E-state index is 13.1. The van der Waals surface area contributed by atoms with E-state index in [0.717, 1.165) is 12.3 Å². The van der Waals surface area contributed by atoms with Gasteiger partial charge in [0.1, 0.15) is 11.4 Å². The van der Waals surface area contributed by atoms with Crippen molar-refractivity contribution >= 4 is 31.9 Å². The molecular weight excluding hydrogens is 369 g/mol.